The molecule has 1 N–H and O–H groups in total. The van der Waals surface area contributed by atoms with Gasteiger partial charge in [0.2, 0.25) is 0 Å². The van der Waals surface area contributed by atoms with Gasteiger partial charge >= 0.3 is 5.97 Å². The number of carbonyl (C=O) groups is 1. The molecule has 0 saturated carbocycles. The Morgan fingerprint density at radius 2 is 2.18 bits per heavy atom. The maximum atomic E-state index is 11.0. The Morgan fingerprint density at radius 3 is 2.65 bits per heavy atom. The summed E-state index contributed by atoms with van der Waals surface area (Å²) in [6.45, 7) is 4.33. The summed E-state index contributed by atoms with van der Waals surface area (Å²) in [4.78, 5) is 11.0. The van der Waals surface area contributed by atoms with Crippen LogP contribution >= 0.6 is 0 Å². The Kier molecular flexibility index (Phi) is 2.75. The minimum absolute atomic E-state index is 0.360. The van der Waals surface area contributed by atoms with Crippen molar-refractivity contribution in [2.24, 2.45) is 7.05 Å². The van der Waals surface area contributed by atoms with Crippen molar-refractivity contribution in [3.63, 3.8) is 0 Å². The highest BCUT2D eigenvalue weighted by molar-refractivity contribution is 5.89. The fourth-order valence-corrected chi connectivity index (χ4v) is 1.97. The topological polar surface area (TPSA) is 60.0 Å². The molecule has 0 aromatic carbocycles. The van der Waals surface area contributed by atoms with Gasteiger partial charge in [-0.25, -0.2) is 4.79 Å². The molecule has 0 bridgehead atoms. The van der Waals surface area contributed by atoms with Crippen LogP contribution in [-0.4, -0.2) is 25.4 Å². The Labute approximate surface area is 99.3 Å². The van der Waals surface area contributed by atoms with Crippen LogP contribution < -0.4 is 0 Å². The van der Waals surface area contributed by atoms with Crippen molar-refractivity contribution < 1.29 is 9.90 Å². The number of hydrogen-bond donors (Lipinski definition) is 1. The normalized spacial score (nSPS) is 10.8. The third kappa shape index (κ3) is 2.08. The van der Waals surface area contributed by atoms with E-state index in [-0.39, 0.29) is 0 Å². The molecule has 5 heteroatoms. The van der Waals surface area contributed by atoms with Crippen molar-refractivity contribution in [3.8, 4) is 0 Å². The van der Waals surface area contributed by atoms with Gasteiger partial charge in [-0.05, 0) is 26.0 Å². The lowest BCUT2D eigenvalue weighted by molar-refractivity contribution is 0.0696. The molecular formula is C12H15N3O2. The molecule has 0 fully saturated rings. The van der Waals surface area contributed by atoms with Crippen LogP contribution in [0.2, 0.25) is 0 Å². The van der Waals surface area contributed by atoms with Crippen molar-refractivity contribution in [3.05, 3.63) is 41.0 Å². The summed E-state index contributed by atoms with van der Waals surface area (Å²) in [7, 11) is 1.86. The van der Waals surface area contributed by atoms with Crippen molar-refractivity contribution in [2.45, 2.75) is 20.4 Å². The molecule has 0 aliphatic rings. The second-order valence-corrected chi connectivity index (χ2v) is 4.16. The van der Waals surface area contributed by atoms with E-state index < -0.39 is 5.97 Å². The highest BCUT2D eigenvalue weighted by Gasteiger charge is 2.15. The van der Waals surface area contributed by atoms with Crippen LogP contribution in [0.1, 0.15) is 27.4 Å². The van der Waals surface area contributed by atoms with E-state index in [4.69, 9.17) is 5.11 Å². The molecule has 17 heavy (non-hydrogen) atoms. The van der Waals surface area contributed by atoms with E-state index in [0.29, 0.717) is 12.1 Å². The molecule has 0 unspecified atom stereocenters. The molecule has 0 atom stereocenters. The highest BCUT2D eigenvalue weighted by atomic mass is 16.4. The van der Waals surface area contributed by atoms with Gasteiger partial charge in [-0.2, -0.15) is 5.10 Å². The maximum absolute atomic E-state index is 11.0. The molecule has 0 amide bonds. The number of carboxylic acid groups (broad SMARTS) is 1. The third-order valence-corrected chi connectivity index (χ3v) is 2.89. The highest BCUT2D eigenvalue weighted by Crippen LogP contribution is 2.16. The zero-order chi connectivity index (χ0) is 12.6. The van der Waals surface area contributed by atoms with Crippen LogP contribution in [-0.2, 0) is 13.6 Å². The third-order valence-electron chi connectivity index (χ3n) is 2.89. The number of nitrogens with zero attached hydrogens (tertiary/aromatic N) is 3. The smallest absolute Gasteiger partial charge is 0.337 e. The second kappa shape index (κ2) is 4.08. The summed E-state index contributed by atoms with van der Waals surface area (Å²) in [5, 5.41) is 13.3. The van der Waals surface area contributed by atoms with Gasteiger partial charge in [0.05, 0.1) is 17.8 Å². The van der Waals surface area contributed by atoms with Gasteiger partial charge in [-0.15, -0.1) is 0 Å². The molecule has 2 heterocycles. The minimum atomic E-state index is -0.884. The van der Waals surface area contributed by atoms with Crippen LogP contribution in [0.25, 0.3) is 0 Å². The van der Waals surface area contributed by atoms with Crippen LogP contribution in [0.15, 0.2) is 18.3 Å². The Bertz CT molecular complexity index is 566. The van der Waals surface area contributed by atoms with E-state index in [1.54, 1.807) is 10.7 Å². The first-order valence-corrected chi connectivity index (χ1v) is 5.37. The first kappa shape index (κ1) is 11.4. The van der Waals surface area contributed by atoms with E-state index in [2.05, 4.69) is 5.10 Å². The van der Waals surface area contributed by atoms with Crippen LogP contribution in [0.4, 0.5) is 0 Å². The van der Waals surface area contributed by atoms with Crippen LogP contribution in [0.5, 0.6) is 0 Å². The summed E-state index contributed by atoms with van der Waals surface area (Å²) >= 11 is 0. The summed E-state index contributed by atoms with van der Waals surface area (Å²) in [6.07, 6.45) is 1.88. The summed E-state index contributed by atoms with van der Waals surface area (Å²) in [5.74, 6) is -0.884. The van der Waals surface area contributed by atoms with Gasteiger partial charge in [0, 0.05) is 24.6 Å². The predicted octanol–water partition coefficient (Wildman–Crippen LogP) is 1.58. The molecule has 0 saturated heterocycles. The van der Waals surface area contributed by atoms with E-state index in [0.717, 1.165) is 17.1 Å². The SMILES string of the molecule is Cc1cc(C(=O)O)c(C)n1Cc1ccn(C)n1. The van der Waals surface area contributed by atoms with Crippen molar-refractivity contribution in [2.75, 3.05) is 0 Å². The molecule has 5 nitrogen and oxygen atoms in total. The monoisotopic (exact) mass is 233 g/mol. The minimum Gasteiger partial charge on any atom is -0.478 e. The van der Waals surface area contributed by atoms with E-state index >= 15 is 0 Å². The number of aryl methyl sites for hydroxylation is 2. The van der Waals surface area contributed by atoms with E-state index in [1.165, 1.54) is 0 Å². The van der Waals surface area contributed by atoms with E-state index in [1.807, 2.05) is 37.7 Å². The fourth-order valence-electron chi connectivity index (χ4n) is 1.97. The summed E-state index contributed by atoms with van der Waals surface area (Å²) in [5.41, 5.74) is 2.98. The molecule has 0 radical (unpaired) electrons. The number of aromatic nitrogens is 3. The number of hydrogen-bond acceptors (Lipinski definition) is 2. The molecule has 0 aliphatic heterocycles. The molecule has 0 spiro atoms. The van der Waals surface area contributed by atoms with E-state index in [9.17, 15) is 4.79 Å². The quantitative estimate of drug-likeness (QED) is 0.875. The number of rotatable bonds is 3. The summed E-state index contributed by atoms with van der Waals surface area (Å²) < 4.78 is 3.70. The molecule has 2 rings (SSSR count). The second-order valence-electron chi connectivity index (χ2n) is 4.16. The van der Waals surface area contributed by atoms with Crippen LogP contribution in [0.3, 0.4) is 0 Å². The average Bonchev–Trinajstić information content (AvgIpc) is 2.77. The Morgan fingerprint density at radius 1 is 1.47 bits per heavy atom. The average molecular weight is 233 g/mol. The van der Waals surface area contributed by atoms with Gasteiger partial charge in [0.15, 0.2) is 0 Å². The first-order valence-electron chi connectivity index (χ1n) is 5.37. The summed E-state index contributed by atoms with van der Waals surface area (Å²) in [6, 6.07) is 3.62. The molecular weight excluding hydrogens is 218 g/mol. The zero-order valence-corrected chi connectivity index (χ0v) is 10.1. The molecule has 0 aliphatic carbocycles. The fraction of sp³-hybridized carbons (Fsp3) is 0.333. The van der Waals surface area contributed by atoms with Gasteiger partial charge in [-0.1, -0.05) is 0 Å². The van der Waals surface area contributed by atoms with Gasteiger partial charge in [-0.3, -0.25) is 4.68 Å². The number of carboxylic acids is 1. The van der Waals surface area contributed by atoms with Crippen molar-refractivity contribution in [1.29, 1.82) is 0 Å². The van der Waals surface area contributed by atoms with Crippen molar-refractivity contribution in [1.82, 2.24) is 14.3 Å². The standard InChI is InChI=1S/C12H15N3O2/c1-8-6-11(12(16)17)9(2)15(8)7-10-4-5-14(3)13-10/h4-6H,7H2,1-3H3,(H,16,17). The van der Waals surface area contributed by atoms with Crippen molar-refractivity contribution >= 4 is 5.97 Å². The van der Waals surface area contributed by atoms with Gasteiger partial charge in [0.25, 0.3) is 0 Å². The Balaban J connectivity index is 2.36. The first-order chi connectivity index (χ1) is 7.99. The van der Waals surface area contributed by atoms with Gasteiger partial charge < -0.3 is 9.67 Å². The lowest BCUT2D eigenvalue weighted by Gasteiger charge is -2.07. The zero-order valence-electron chi connectivity index (χ0n) is 10.1. The molecule has 2 aromatic rings. The largest absolute Gasteiger partial charge is 0.478 e. The Hall–Kier alpha value is -2.04. The lowest BCUT2D eigenvalue weighted by Crippen LogP contribution is -2.06. The number of aromatic carboxylic acids is 1. The maximum Gasteiger partial charge on any atom is 0.337 e. The predicted molar refractivity (Wildman–Crippen MR) is 63.2 cm³/mol. The van der Waals surface area contributed by atoms with Gasteiger partial charge in [0.1, 0.15) is 0 Å². The lowest BCUT2D eigenvalue weighted by atomic mass is 10.2. The molecule has 90 valence electrons. The van der Waals surface area contributed by atoms with Crippen LogP contribution in [0, 0.1) is 13.8 Å². The molecule has 2 aromatic heterocycles.